The molecule has 9 nitrogen and oxygen atoms in total. The number of nitrogens with zero attached hydrogens (tertiary/aromatic N) is 3. The summed E-state index contributed by atoms with van der Waals surface area (Å²) in [6, 6.07) is 6.74. The van der Waals surface area contributed by atoms with E-state index in [4.69, 9.17) is 14.2 Å². The molecule has 2 saturated heterocycles. The first-order valence-electron chi connectivity index (χ1n) is 15.3. The quantitative estimate of drug-likeness (QED) is 0.272. The van der Waals surface area contributed by atoms with Gasteiger partial charge in [0.15, 0.2) is 17.4 Å². The maximum atomic E-state index is 13.9. The molecule has 0 aliphatic carbocycles. The molecule has 1 atom stereocenters. The van der Waals surface area contributed by atoms with Crippen molar-refractivity contribution in [2.45, 2.75) is 44.8 Å². The fraction of sp³-hybridized carbons (Fsp3) is 0.515. The number of carbonyl (C=O) groups is 1. The zero-order chi connectivity index (χ0) is 32.0. The number of aliphatic carboxylic acids is 1. The Morgan fingerprint density at radius 3 is 2.44 bits per heavy atom. The molecule has 0 saturated carbocycles. The maximum Gasteiger partial charge on any atom is 0.303 e. The van der Waals surface area contributed by atoms with Gasteiger partial charge in [0.25, 0.3) is 0 Å². The Hall–Kier alpha value is -3.45. The van der Waals surface area contributed by atoms with Crippen molar-refractivity contribution in [3.8, 4) is 11.5 Å². The minimum absolute atomic E-state index is 0.00534. The van der Waals surface area contributed by atoms with Gasteiger partial charge in [-0.3, -0.25) is 19.6 Å². The molecule has 0 amide bonds. The Bertz CT molecular complexity index is 1450. The summed E-state index contributed by atoms with van der Waals surface area (Å²) in [5, 5.41) is 22.4. The van der Waals surface area contributed by atoms with Crippen molar-refractivity contribution in [1.29, 1.82) is 0 Å². The minimum atomic E-state index is -1.10. The number of pyridine rings is 1. The van der Waals surface area contributed by atoms with Crippen molar-refractivity contribution in [3.05, 3.63) is 65.1 Å². The van der Waals surface area contributed by atoms with Crippen molar-refractivity contribution >= 4 is 16.9 Å². The summed E-state index contributed by atoms with van der Waals surface area (Å²) < 4.78 is 57.3. The Morgan fingerprint density at radius 2 is 1.78 bits per heavy atom. The fourth-order valence-corrected chi connectivity index (χ4v) is 6.50. The number of aliphatic hydroxyl groups is 1. The summed E-state index contributed by atoms with van der Waals surface area (Å²) in [7, 11) is 1.59. The van der Waals surface area contributed by atoms with Crippen molar-refractivity contribution in [3.63, 3.8) is 0 Å². The predicted molar refractivity (Wildman–Crippen MR) is 161 cm³/mol. The van der Waals surface area contributed by atoms with Crippen LogP contribution in [0.3, 0.4) is 0 Å². The van der Waals surface area contributed by atoms with Crippen LogP contribution in [-0.2, 0) is 16.1 Å². The lowest BCUT2D eigenvalue weighted by molar-refractivity contribution is -0.141. The van der Waals surface area contributed by atoms with E-state index in [1.807, 2.05) is 24.4 Å². The first-order chi connectivity index (χ1) is 21.7. The summed E-state index contributed by atoms with van der Waals surface area (Å²) in [5.74, 6) is -4.06. The number of halogens is 3. The van der Waals surface area contributed by atoms with Crippen LogP contribution in [-0.4, -0.2) is 90.6 Å². The number of hydrogen-bond donors (Lipinski definition) is 2. The average Bonchev–Trinajstić information content (AvgIpc) is 3.02. The summed E-state index contributed by atoms with van der Waals surface area (Å²) >= 11 is 0. The third-order valence-corrected chi connectivity index (χ3v) is 9.04. The molecule has 3 aromatic rings. The van der Waals surface area contributed by atoms with E-state index in [0.717, 1.165) is 35.1 Å². The molecule has 0 unspecified atom stereocenters. The number of ether oxygens (including phenoxy) is 3. The average molecular weight is 632 g/mol. The van der Waals surface area contributed by atoms with Crippen molar-refractivity contribution < 1.29 is 42.4 Å². The number of carboxylic acid groups (broad SMARTS) is 1. The standard InChI is InChI=1S/C33H40F3N3O6/c1-43-24-2-3-28-25(18-24)31(22(20-37-28)21-39-10-13-44-14-11-39)29(40)4-5-33(19-30(41)42)6-8-38(9-7-33)12-15-45-32-26(35)16-23(34)17-27(32)36/h2-3,16-18,20,29,40H,4-15,19,21H2,1H3,(H,41,42)/t29-/m0/s1. The topological polar surface area (TPSA) is 105 Å². The molecule has 5 rings (SSSR count). The molecule has 2 N–H and O–H groups in total. The number of aliphatic hydroxyl groups excluding tert-OH is 1. The van der Waals surface area contributed by atoms with Crippen molar-refractivity contribution in [2.75, 3.05) is 59.7 Å². The highest BCUT2D eigenvalue weighted by Crippen LogP contribution is 2.42. The number of fused-ring (bicyclic) bond motifs is 1. The number of hydrogen-bond acceptors (Lipinski definition) is 8. The first-order valence-corrected chi connectivity index (χ1v) is 15.3. The van der Waals surface area contributed by atoms with Gasteiger partial charge in [0.05, 0.1) is 38.4 Å². The molecule has 12 heteroatoms. The van der Waals surface area contributed by atoms with Crippen LogP contribution in [0.15, 0.2) is 36.5 Å². The maximum absolute atomic E-state index is 13.9. The number of piperidine rings is 1. The molecule has 2 aliphatic heterocycles. The van der Waals surface area contributed by atoms with Crippen LogP contribution < -0.4 is 9.47 Å². The predicted octanol–water partition coefficient (Wildman–Crippen LogP) is 4.94. The van der Waals surface area contributed by atoms with Gasteiger partial charge in [-0.2, -0.15) is 0 Å². The minimum Gasteiger partial charge on any atom is -0.497 e. The van der Waals surface area contributed by atoms with Crippen LogP contribution in [0, 0.1) is 22.9 Å². The van der Waals surface area contributed by atoms with Crippen molar-refractivity contribution in [2.24, 2.45) is 5.41 Å². The van der Waals surface area contributed by atoms with Gasteiger partial charge in [-0.05, 0) is 73.5 Å². The number of likely N-dealkylation sites (tertiary alicyclic amines) is 1. The van der Waals surface area contributed by atoms with Gasteiger partial charge in [-0.1, -0.05) is 0 Å². The van der Waals surface area contributed by atoms with E-state index >= 15 is 0 Å². The largest absolute Gasteiger partial charge is 0.497 e. The van der Waals surface area contributed by atoms with E-state index in [0.29, 0.717) is 83.0 Å². The highest BCUT2D eigenvalue weighted by atomic mass is 19.1. The monoisotopic (exact) mass is 631 g/mol. The lowest BCUT2D eigenvalue weighted by atomic mass is 9.71. The molecule has 1 aromatic heterocycles. The van der Waals surface area contributed by atoms with E-state index in [9.17, 15) is 28.2 Å². The lowest BCUT2D eigenvalue weighted by Crippen LogP contribution is -2.43. The van der Waals surface area contributed by atoms with Gasteiger partial charge in [0.1, 0.15) is 18.2 Å². The van der Waals surface area contributed by atoms with Crippen LogP contribution in [0.1, 0.15) is 49.3 Å². The Kier molecular flexibility index (Phi) is 10.8. The van der Waals surface area contributed by atoms with Crippen LogP contribution in [0.25, 0.3) is 10.9 Å². The zero-order valence-corrected chi connectivity index (χ0v) is 25.4. The number of carboxylic acids is 1. The molecule has 2 aromatic carbocycles. The SMILES string of the molecule is COc1ccc2ncc(CN3CCOCC3)c([C@@H](O)CCC3(CC(=O)O)CCN(CCOc4c(F)cc(F)cc4F)CC3)c2c1. The number of rotatable bonds is 13. The summed E-state index contributed by atoms with van der Waals surface area (Å²) in [6.07, 6.45) is 2.97. The summed E-state index contributed by atoms with van der Waals surface area (Å²) in [5.41, 5.74) is 1.92. The van der Waals surface area contributed by atoms with Crippen LogP contribution >= 0.6 is 0 Å². The third-order valence-electron chi connectivity index (χ3n) is 9.04. The van der Waals surface area contributed by atoms with Gasteiger partial charge in [0.2, 0.25) is 0 Å². The van der Waals surface area contributed by atoms with Gasteiger partial charge < -0.3 is 24.4 Å². The molecule has 3 heterocycles. The fourth-order valence-electron chi connectivity index (χ4n) is 6.50. The highest BCUT2D eigenvalue weighted by molar-refractivity contribution is 5.85. The smallest absolute Gasteiger partial charge is 0.303 e. The number of benzene rings is 2. The second kappa shape index (κ2) is 14.8. The van der Waals surface area contributed by atoms with Gasteiger partial charge >= 0.3 is 5.97 Å². The molecule has 0 bridgehead atoms. The molecule has 45 heavy (non-hydrogen) atoms. The molecular formula is C33H40F3N3O6. The number of morpholine rings is 1. The van der Waals surface area contributed by atoms with Crippen LogP contribution in [0.4, 0.5) is 13.2 Å². The zero-order valence-electron chi connectivity index (χ0n) is 25.4. The Morgan fingerprint density at radius 1 is 1.07 bits per heavy atom. The second-order valence-electron chi connectivity index (χ2n) is 12.0. The first kappa shape index (κ1) is 32.9. The van der Waals surface area contributed by atoms with E-state index in [-0.39, 0.29) is 13.0 Å². The molecule has 0 spiro atoms. The van der Waals surface area contributed by atoms with Gasteiger partial charge in [-0.25, -0.2) is 13.2 Å². The third kappa shape index (κ3) is 8.23. The van der Waals surface area contributed by atoms with Gasteiger partial charge in [-0.15, -0.1) is 0 Å². The van der Waals surface area contributed by atoms with E-state index < -0.39 is 40.7 Å². The lowest BCUT2D eigenvalue weighted by Gasteiger charge is -2.41. The van der Waals surface area contributed by atoms with Crippen molar-refractivity contribution in [1.82, 2.24) is 14.8 Å². The van der Waals surface area contributed by atoms with Crippen LogP contribution in [0.5, 0.6) is 11.5 Å². The number of aromatic nitrogens is 1. The van der Waals surface area contributed by atoms with E-state index in [1.54, 1.807) is 7.11 Å². The number of methoxy groups -OCH3 is 1. The molecule has 2 aliphatic rings. The highest BCUT2D eigenvalue weighted by Gasteiger charge is 2.37. The Labute approximate surface area is 260 Å². The summed E-state index contributed by atoms with van der Waals surface area (Å²) in [6.45, 7) is 4.97. The van der Waals surface area contributed by atoms with Crippen LogP contribution in [0.2, 0.25) is 0 Å². The normalized spacial score (nSPS) is 18.2. The van der Waals surface area contributed by atoms with E-state index in [2.05, 4.69) is 14.8 Å². The molecule has 2 fully saturated rings. The van der Waals surface area contributed by atoms with E-state index in [1.165, 1.54) is 0 Å². The summed E-state index contributed by atoms with van der Waals surface area (Å²) in [4.78, 5) is 21.0. The molecule has 244 valence electrons. The molecule has 0 radical (unpaired) electrons. The van der Waals surface area contributed by atoms with Gasteiger partial charge in [0, 0.05) is 49.9 Å². The Balaban J connectivity index is 1.27. The second-order valence-corrected chi connectivity index (χ2v) is 12.0. The molecular weight excluding hydrogens is 591 g/mol.